The molecule has 7 N–H and O–H groups in total. The number of carbonyl (C=O) groups excluding carboxylic acids is 17. The van der Waals surface area contributed by atoms with Crippen molar-refractivity contribution in [1.82, 2.24) is 29.9 Å². The van der Waals surface area contributed by atoms with Gasteiger partial charge >= 0.3 is 48.1 Å². The zero-order valence-electron chi connectivity index (χ0n) is 40.6. The monoisotopic (exact) mass is 1120 g/mol. The molecule has 0 aromatic rings. The van der Waals surface area contributed by atoms with Crippen LogP contribution in [0, 0.1) is 0 Å². The Bertz CT molecular complexity index is 2530. The molecule has 0 atom stereocenters. The summed E-state index contributed by atoms with van der Waals surface area (Å²) >= 11 is 0. The molecule has 13 amide bonds. The molecule has 7 rings (SSSR count). The molecule has 0 bridgehead atoms. The van der Waals surface area contributed by atoms with Gasteiger partial charge in [-0.15, -0.1) is 0 Å². The quantitative estimate of drug-likeness (QED) is 0.0659. The number of hydrogen-bond donors (Lipinski definition) is 5. The van der Waals surface area contributed by atoms with E-state index in [-0.39, 0.29) is 87.7 Å². The van der Waals surface area contributed by atoms with Gasteiger partial charge in [-0.1, -0.05) is 15.2 Å². The third-order valence-electron chi connectivity index (χ3n) is 8.63. The fourth-order valence-electron chi connectivity index (χ4n) is 5.04. The number of cyclic esters (lactones) is 2. The summed E-state index contributed by atoms with van der Waals surface area (Å²) in [4.78, 5) is 230. The van der Waals surface area contributed by atoms with Crippen LogP contribution in [0.25, 0.3) is 0 Å². The van der Waals surface area contributed by atoms with E-state index in [1.165, 1.54) is 0 Å². The van der Waals surface area contributed by atoms with Crippen molar-refractivity contribution in [3.05, 3.63) is 60.8 Å². The largest absolute Gasteiger partial charge is 0.560 e. The number of imide groups is 8. The Hall–Kier alpha value is -10.8. The number of carbonyl (C=O) groups is 20. The van der Waals surface area contributed by atoms with E-state index in [9.17, 15) is 95.9 Å². The fraction of sp³-hybridized carbons (Fsp3) is 0.302. The average Bonchev–Trinajstić information content (AvgIpc) is 4.27. The highest BCUT2D eigenvalue weighted by atomic mass is 16.9. The van der Waals surface area contributed by atoms with Gasteiger partial charge in [0.1, 0.15) is 0 Å². The van der Waals surface area contributed by atoms with Gasteiger partial charge in [-0.3, -0.25) is 91.4 Å². The predicted molar refractivity (Wildman–Crippen MR) is 242 cm³/mol. The van der Waals surface area contributed by atoms with E-state index in [1.54, 1.807) is 0 Å². The van der Waals surface area contributed by atoms with Gasteiger partial charge in [-0.25, -0.2) is 19.2 Å². The summed E-state index contributed by atoms with van der Waals surface area (Å²) in [5.74, 6) is -12.3. The molecule has 79 heavy (non-hydrogen) atoms. The molecule has 7 aliphatic rings. The maximum atomic E-state index is 11.4. The average molecular weight is 1120 g/mol. The van der Waals surface area contributed by atoms with Crippen LogP contribution in [0.4, 0.5) is 9.59 Å². The van der Waals surface area contributed by atoms with E-state index < -0.39 is 119 Å². The Morgan fingerprint density at radius 1 is 0.443 bits per heavy atom. The summed E-state index contributed by atoms with van der Waals surface area (Å²) in [5, 5.41) is 24.8. The standard InChI is InChI=1S/C11H8N2O6.C9H8N2O7.C7H7NO4.C6H5NO4.C4H2O3.2C3H7NO2/c14-7-1-2-8(15)12(7)6-5-11(18)19-13-9(16)3-4-10(13)17;12-5-1-2-6(13)10(5)17-9(16)18-11-7(14)3-4-8(11)15;9-5-1-2-6(10)8(5)4-3-7(11)12;1-11-6(10)7-4(8)2-3-5(7)9;5-3-1-2-4(6)7-3;2*4-2-1-3(5)6/h1-4H,5-6H2;1-4H2;1-2H,3-4H2,(H,11,12);2-3H,1H3;1-2H;2*1-2,4H2,(H,5,6). The minimum Gasteiger partial charge on any atom is -0.481 e. The van der Waals surface area contributed by atoms with Crippen molar-refractivity contribution in [3.63, 3.8) is 0 Å². The van der Waals surface area contributed by atoms with Crippen molar-refractivity contribution in [2.24, 2.45) is 11.5 Å². The van der Waals surface area contributed by atoms with Crippen molar-refractivity contribution in [3.8, 4) is 0 Å². The molecule has 36 heteroatoms. The number of hydroxylamine groups is 6. The van der Waals surface area contributed by atoms with Crippen LogP contribution in [0.5, 0.6) is 0 Å². The first kappa shape index (κ1) is 66.2. The molecule has 0 radical (unpaired) electrons. The van der Waals surface area contributed by atoms with E-state index in [0.29, 0.717) is 9.96 Å². The molecule has 36 nitrogen and oxygen atoms in total. The summed E-state index contributed by atoms with van der Waals surface area (Å²) in [6, 6.07) is 0. The van der Waals surface area contributed by atoms with Crippen LogP contribution in [-0.2, 0) is 110 Å². The van der Waals surface area contributed by atoms with Gasteiger partial charge in [-0.2, -0.15) is 9.69 Å². The van der Waals surface area contributed by atoms with Gasteiger partial charge in [0.25, 0.3) is 70.9 Å². The Morgan fingerprint density at radius 2 is 0.759 bits per heavy atom. The number of nitrogens with two attached hydrogens (primary N) is 2. The lowest BCUT2D eigenvalue weighted by Crippen LogP contribution is -2.37. The Kier molecular flexibility index (Phi) is 27.8. The van der Waals surface area contributed by atoms with Crippen molar-refractivity contribution in [1.29, 1.82) is 0 Å². The molecule has 0 aliphatic carbocycles. The lowest BCUT2D eigenvalue weighted by molar-refractivity contribution is -0.198. The van der Waals surface area contributed by atoms with Gasteiger partial charge in [0, 0.05) is 113 Å². The Balaban J connectivity index is 0.000000482. The minimum atomic E-state index is -1.48. The molecular weight excluding hydrogens is 1080 g/mol. The number of ether oxygens (including phenoxy) is 2. The van der Waals surface area contributed by atoms with E-state index in [4.69, 9.17) is 26.8 Å². The highest BCUT2D eigenvalue weighted by Crippen LogP contribution is 2.16. The molecular formula is C43H44N8O28. The zero-order valence-corrected chi connectivity index (χ0v) is 40.6. The third-order valence-corrected chi connectivity index (χ3v) is 8.63. The molecule has 0 aromatic carbocycles. The molecule has 2 fully saturated rings. The summed E-state index contributed by atoms with van der Waals surface area (Å²) in [6.07, 6.45) is 7.50. The van der Waals surface area contributed by atoms with Crippen LogP contribution in [0.15, 0.2) is 60.8 Å². The molecule has 0 saturated carbocycles. The lowest BCUT2D eigenvalue weighted by atomic mass is 10.4. The first-order valence-electron chi connectivity index (χ1n) is 21.7. The van der Waals surface area contributed by atoms with Crippen molar-refractivity contribution >= 4 is 119 Å². The van der Waals surface area contributed by atoms with E-state index in [1.807, 2.05) is 0 Å². The van der Waals surface area contributed by atoms with Crippen LogP contribution in [0.1, 0.15) is 51.4 Å². The smallest absolute Gasteiger partial charge is 0.481 e. The van der Waals surface area contributed by atoms with E-state index in [0.717, 1.165) is 77.7 Å². The minimum absolute atomic E-state index is 0.0556. The van der Waals surface area contributed by atoms with Crippen molar-refractivity contribution < 1.29 is 135 Å². The van der Waals surface area contributed by atoms with Crippen LogP contribution in [0.2, 0.25) is 0 Å². The zero-order chi connectivity index (χ0) is 60.1. The predicted octanol–water partition coefficient (Wildman–Crippen LogP) is -4.52. The molecule has 0 aromatic heterocycles. The number of carboxylic acids is 3. The second-order valence-electron chi connectivity index (χ2n) is 14.3. The first-order chi connectivity index (χ1) is 37.1. The van der Waals surface area contributed by atoms with Crippen LogP contribution in [0.3, 0.4) is 0 Å². The molecule has 0 unspecified atom stereocenters. The maximum absolute atomic E-state index is 11.4. The van der Waals surface area contributed by atoms with Gasteiger partial charge in [0.05, 0.1) is 32.8 Å². The fourth-order valence-corrected chi connectivity index (χ4v) is 5.04. The Labute approximate surface area is 440 Å². The van der Waals surface area contributed by atoms with Crippen LogP contribution < -0.4 is 11.5 Å². The second kappa shape index (κ2) is 33.2. The summed E-state index contributed by atoms with van der Waals surface area (Å²) in [7, 11) is 1.10. The number of aliphatic carboxylic acids is 3. The first-order valence-corrected chi connectivity index (χ1v) is 21.7. The number of amides is 13. The molecule has 2 saturated heterocycles. The lowest BCUT2D eigenvalue weighted by Gasteiger charge is -2.15. The molecule has 7 aliphatic heterocycles. The summed E-state index contributed by atoms with van der Waals surface area (Å²) in [5.41, 5.74) is 9.70. The topological polar surface area (TPSA) is 520 Å². The van der Waals surface area contributed by atoms with Gasteiger partial charge in [0.2, 0.25) is 0 Å². The van der Waals surface area contributed by atoms with Gasteiger partial charge in [0.15, 0.2) is 0 Å². The van der Waals surface area contributed by atoms with Crippen molar-refractivity contribution in [2.75, 3.05) is 33.3 Å². The van der Waals surface area contributed by atoms with Gasteiger partial charge in [-0.05, 0) is 0 Å². The van der Waals surface area contributed by atoms with Crippen LogP contribution in [-0.4, -0.2) is 197 Å². The van der Waals surface area contributed by atoms with Crippen molar-refractivity contribution in [2.45, 2.75) is 51.4 Å². The maximum Gasteiger partial charge on any atom is 0.560 e. The highest BCUT2D eigenvalue weighted by molar-refractivity contribution is 6.21. The molecule has 7 heterocycles. The normalized spacial score (nSPS) is 16.2. The number of methoxy groups -OCH3 is 1. The highest BCUT2D eigenvalue weighted by Gasteiger charge is 2.38. The molecule has 424 valence electrons. The van der Waals surface area contributed by atoms with E-state index in [2.05, 4.69) is 24.0 Å². The number of carboxylic acid groups (broad SMARTS) is 3. The molecule has 0 spiro atoms. The van der Waals surface area contributed by atoms with E-state index >= 15 is 0 Å². The van der Waals surface area contributed by atoms with Gasteiger partial charge < -0.3 is 41.1 Å². The second-order valence-corrected chi connectivity index (χ2v) is 14.3. The Morgan fingerprint density at radius 3 is 1.04 bits per heavy atom. The third kappa shape index (κ3) is 23.5. The SMILES string of the molecule is COC(=O)N1C(=O)C=CC1=O.NCCC(=O)O.NCCC(=O)O.O=C(CCN1C(=O)C=CC1=O)ON1C(=O)C=CC1=O.O=C(O)CCN1C(=O)C=CC1=O.O=C(ON1C(=O)CCC1=O)ON1C(=O)CCC1=O.O=C1C=CC(=O)O1. The summed E-state index contributed by atoms with van der Waals surface area (Å²) in [6.45, 7) is 0.234. The summed E-state index contributed by atoms with van der Waals surface area (Å²) < 4.78 is 8.15. The number of esters is 2. The number of hydrogen-bond acceptors (Lipinski definition) is 27. The number of rotatable bonds is 13. The number of nitrogens with zero attached hydrogens (tertiary/aromatic N) is 6. The van der Waals surface area contributed by atoms with Crippen LogP contribution >= 0.6 is 0 Å².